The number of nitrogens with one attached hydrogen (secondary N) is 1. The third kappa shape index (κ3) is 4.55. The van der Waals surface area contributed by atoms with E-state index in [4.69, 9.17) is 11.6 Å². The van der Waals surface area contributed by atoms with Crippen molar-refractivity contribution in [3.8, 4) is 0 Å². The van der Waals surface area contributed by atoms with Crippen LogP contribution in [0.25, 0.3) is 0 Å². The molecule has 1 unspecified atom stereocenters. The first-order valence-corrected chi connectivity index (χ1v) is 7.95. The lowest BCUT2D eigenvalue weighted by molar-refractivity contribution is 0.536. The van der Waals surface area contributed by atoms with Crippen LogP contribution < -0.4 is 5.32 Å². The molecule has 0 saturated heterocycles. The van der Waals surface area contributed by atoms with Gasteiger partial charge in [-0.1, -0.05) is 30.7 Å². The van der Waals surface area contributed by atoms with Gasteiger partial charge in [-0.25, -0.2) is 4.98 Å². The summed E-state index contributed by atoms with van der Waals surface area (Å²) in [5.74, 6) is 1.42. The highest BCUT2D eigenvalue weighted by molar-refractivity contribution is 6.30. The molecular weight excluding hydrogens is 284 g/mol. The Balaban J connectivity index is 2.13. The van der Waals surface area contributed by atoms with Gasteiger partial charge in [-0.2, -0.15) is 5.10 Å². The van der Waals surface area contributed by atoms with Crippen molar-refractivity contribution in [3.63, 3.8) is 0 Å². The molecule has 0 aliphatic heterocycles. The van der Waals surface area contributed by atoms with Gasteiger partial charge in [0.15, 0.2) is 0 Å². The summed E-state index contributed by atoms with van der Waals surface area (Å²) in [5, 5.41) is 8.54. The highest BCUT2D eigenvalue weighted by Gasteiger charge is 2.15. The highest BCUT2D eigenvalue weighted by atomic mass is 35.5. The number of hydrogen-bond donors (Lipinski definition) is 1. The van der Waals surface area contributed by atoms with E-state index in [1.807, 2.05) is 16.8 Å². The fraction of sp³-hybridized carbons (Fsp3) is 0.500. The molecule has 1 atom stereocenters. The summed E-state index contributed by atoms with van der Waals surface area (Å²) >= 11 is 5.99. The quantitative estimate of drug-likeness (QED) is 0.761. The molecule has 0 radical (unpaired) electrons. The molecule has 0 fully saturated rings. The molecule has 0 saturated carbocycles. The summed E-state index contributed by atoms with van der Waals surface area (Å²) in [6.07, 6.45) is 3.65. The molecule has 0 aliphatic rings. The van der Waals surface area contributed by atoms with Crippen molar-refractivity contribution in [3.05, 3.63) is 47.0 Å². The maximum absolute atomic E-state index is 5.99. The number of hydrogen-bond acceptors (Lipinski definition) is 3. The van der Waals surface area contributed by atoms with Crippen molar-refractivity contribution < 1.29 is 0 Å². The minimum absolute atomic E-state index is 0.378. The molecule has 0 amide bonds. The number of benzene rings is 1. The van der Waals surface area contributed by atoms with Crippen LogP contribution in [0.4, 0.5) is 0 Å². The van der Waals surface area contributed by atoms with Gasteiger partial charge in [0, 0.05) is 30.5 Å². The molecule has 1 N–H and O–H groups in total. The van der Waals surface area contributed by atoms with Crippen molar-refractivity contribution in [2.24, 2.45) is 0 Å². The Morgan fingerprint density at radius 2 is 2.00 bits per heavy atom. The van der Waals surface area contributed by atoms with Gasteiger partial charge in [0.1, 0.15) is 12.2 Å². The Hall–Kier alpha value is -1.39. The maximum Gasteiger partial charge on any atom is 0.138 e. The first-order chi connectivity index (χ1) is 10.2. The molecule has 2 aromatic rings. The topological polar surface area (TPSA) is 42.7 Å². The third-order valence-corrected chi connectivity index (χ3v) is 3.84. The van der Waals surface area contributed by atoms with E-state index in [0.29, 0.717) is 5.92 Å². The van der Waals surface area contributed by atoms with Crippen LogP contribution in [0, 0.1) is 0 Å². The van der Waals surface area contributed by atoms with Crippen LogP contribution in [-0.4, -0.2) is 27.9 Å². The largest absolute Gasteiger partial charge is 0.316 e. The normalized spacial score (nSPS) is 12.5. The van der Waals surface area contributed by atoms with E-state index >= 15 is 0 Å². The molecule has 0 bridgehead atoms. The second kappa shape index (κ2) is 8.15. The Morgan fingerprint density at radius 1 is 1.24 bits per heavy atom. The van der Waals surface area contributed by atoms with Gasteiger partial charge in [-0.05, 0) is 37.6 Å². The monoisotopic (exact) mass is 306 g/mol. The first-order valence-electron chi connectivity index (χ1n) is 7.57. The van der Waals surface area contributed by atoms with Crippen LogP contribution in [0.2, 0.25) is 5.02 Å². The van der Waals surface area contributed by atoms with Gasteiger partial charge in [0.2, 0.25) is 0 Å². The molecule has 2 rings (SSSR count). The smallest absolute Gasteiger partial charge is 0.138 e. The van der Waals surface area contributed by atoms with Gasteiger partial charge in [-0.15, -0.1) is 0 Å². The van der Waals surface area contributed by atoms with Crippen LogP contribution in [0.15, 0.2) is 30.6 Å². The van der Waals surface area contributed by atoms with Gasteiger partial charge >= 0.3 is 0 Å². The van der Waals surface area contributed by atoms with E-state index in [1.165, 1.54) is 5.56 Å². The molecule has 114 valence electrons. The number of aromatic nitrogens is 3. The van der Waals surface area contributed by atoms with Crippen molar-refractivity contribution in [1.29, 1.82) is 0 Å². The second-order valence-corrected chi connectivity index (χ2v) is 5.59. The summed E-state index contributed by atoms with van der Waals surface area (Å²) in [6, 6.07) is 8.11. The third-order valence-electron chi connectivity index (χ3n) is 3.58. The Labute approximate surface area is 131 Å². The average molecular weight is 307 g/mol. The zero-order valence-corrected chi connectivity index (χ0v) is 13.5. The summed E-state index contributed by atoms with van der Waals surface area (Å²) in [6.45, 7) is 7.09. The Morgan fingerprint density at radius 3 is 2.67 bits per heavy atom. The van der Waals surface area contributed by atoms with E-state index < -0.39 is 0 Å². The van der Waals surface area contributed by atoms with Crippen LogP contribution in [0.5, 0.6) is 0 Å². The lowest BCUT2D eigenvalue weighted by Gasteiger charge is -2.18. The lowest BCUT2D eigenvalue weighted by Crippen LogP contribution is -2.24. The van der Waals surface area contributed by atoms with Gasteiger partial charge in [0.05, 0.1) is 0 Å². The maximum atomic E-state index is 5.99. The predicted molar refractivity (Wildman–Crippen MR) is 86.8 cm³/mol. The van der Waals surface area contributed by atoms with Gasteiger partial charge in [0.25, 0.3) is 0 Å². The van der Waals surface area contributed by atoms with E-state index in [-0.39, 0.29) is 0 Å². The molecule has 1 heterocycles. The summed E-state index contributed by atoms with van der Waals surface area (Å²) in [7, 11) is 0. The predicted octanol–water partition coefficient (Wildman–Crippen LogP) is 3.28. The van der Waals surface area contributed by atoms with E-state index in [1.54, 1.807) is 6.33 Å². The summed E-state index contributed by atoms with van der Waals surface area (Å²) in [4.78, 5) is 4.40. The lowest BCUT2D eigenvalue weighted by atomic mass is 9.95. The van der Waals surface area contributed by atoms with Gasteiger partial charge in [-0.3, -0.25) is 4.68 Å². The fourth-order valence-corrected chi connectivity index (χ4v) is 2.55. The highest BCUT2D eigenvalue weighted by Crippen LogP contribution is 2.21. The van der Waals surface area contributed by atoms with E-state index in [2.05, 4.69) is 41.4 Å². The number of aryl methyl sites for hydroxylation is 1. The van der Waals surface area contributed by atoms with Crippen molar-refractivity contribution in [1.82, 2.24) is 20.1 Å². The number of halogens is 1. The zero-order chi connectivity index (χ0) is 15.1. The first kappa shape index (κ1) is 16.0. The minimum atomic E-state index is 0.378. The summed E-state index contributed by atoms with van der Waals surface area (Å²) in [5.41, 5.74) is 1.29. The second-order valence-electron chi connectivity index (χ2n) is 5.15. The average Bonchev–Trinajstić information content (AvgIpc) is 2.94. The number of rotatable bonds is 8. The van der Waals surface area contributed by atoms with E-state index in [0.717, 1.165) is 43.3 Å². The Bertz CT molecular complexity index is 535. The molecule has 1 aromatic carbocycles. The molecule has 4 nitrogen and oxygen atoms in total. The SMILES string of the molecule is CCCNCC(Cc1ncnn1CC)c1ccc(Cl)cc1. The van der Waals surface area contributed by atoms with E-state index in [9.17, 15) is 0 Å². The van der Waals surface area contributed by atoms with Crippen molar-refractivity contribution in [2.45, 2.75) is 39.2 Å². The van der Waals surface area contributed by atoms with Crippen LogP contribution in [0.1, 0.15) is 37.6 Å². The minimum Gasteiger partial charge on any atom is -0.316 e. The fourth-order valence-electron chi connectivity index (χ4n) is 2.43. The summed E-state index contributed by atoms with van der Waals surface area (Å²) < 4.78 is 1.96. The Kier molecular flexibility index (Phi) is 6.21. The molecular formula is C16H23ClN4. The molecule has 21 heavy (non-hydrogen) atoms. The van der Waals surface area contributed by atoms with Crippen LogP contribution in [0.3, 0.4) is 0 Å². The molecule has 1 aromatic heterocycles. The molecule has 5 heteroatoms. The van der Waals surface area contributed by atoms with Gasteiger partial charge < -0.3 is 5.32 Å². The van der Waals surface area contributed by atoms with Crippen LogP contribution in [-0.2, 0) is 13.0 Å². The standard InChI is InChI=1S/C16H23ClN4/c1-3-9-18-11-14(13-5-7-15(17)8-6-13)10-16-19-12-20-21(16)4-2/h5-8,12,14,18H,3-4,9-11H2,1-2H3. The van der Waals surface area contributed by atoms with Crippen LogP contribution >= 0.6 is 11.6 Å². The van der Waals surface area contributed by atoms with Crippen molar-refractivity contribution >= 4 is 11.6 Å². The zero-order valence-electron chi connectivity index (χ0n) is 12.7. The van der Waals surface area contributed by atoms with Crippen molar-refractivity contribution in [2.75, 3.05) is 13.1 Å². The molecule has 0 spiro atoms. The number of nitrogens with zero attached hydrogens (tertiary/aromatic N) is 3. The molecule has 0 aliphatic carbocycles.